The number of hydrogen-bond donors (Lipinski definition) is 2. The Labute approximate surface area is 157 Å². The Morgan fingerprint density at radius 1 is 1.11 bits per heavy atom. The number of aromatic nitrogens is 3. The summed E-state index contributed by atoms with van der Waals surface area (Å²) in [7, 11) is 0. The van der Waals surface area contributed by atoms with E-state index in [0.29, 0.717) is 18.5 Å². The van der Waals surface area contributed by atoms with Crippen LogP contribution in [0.2, 0.25) is 5.02 Å². The average Bonchev–Trinajstić information content (AvgIpc) is 2.98. The second-order valence-corrected chi connectivity index (χ2v) is 6.42. The van der Waals surface area contributed by atoms with Gasteiger partial charge < -0.3 is 20.5 Å². The zero-order valence-corrected chi connectivity index (χ0v) is 14.7. The van der Waals surface area contributed by atoms with Gasteiger partial charge in [0, 0.05) is 10.6 Å². The van der Waals surface area contributed by atoms with Crippen LogP contribution in [0.5, 0.6) is 11.8 Å². The lowest BCUT2D eigenvalue weighted by molar-refractivity contribution is 0.0904. The maximum atomic E-state index is 13.9. The minimum Gasteiger partial charge on any atom is -0.491 e. The van der Waals surface area contributed by atoms with Crippen molar-refractivity contribution < 1.29 is 23.1 Å². The van der Waals surface area contributed by atoms with Crippen molar-refractivity contribution in [2.75, 3.05) is 0 Å². The summed E-state index contributed by atoms with van der Waals surface area (Å²) >= 11 is 5.64. The topological polar surface area (TPSA) is 116 Å². The molecule has 7 nitrogen and oxygen atoms in total. The number of hydrogen-bond acceptors (Lipinski definition) is 7. The molecule has 0 saturated heterocycles. The van der Waals surface area contributed by atoms with Gasteiger partial charge in [-0.15, -0.1) is 0 Å². The van der Waals surface area contributed by atoms with Crippen LogP contribution >= 0.6 is 11.6 Å². The third kappa shape index (κ3) is 3.83. The van der Waals surface area contributed by atoms with Crippen LogP contribution in [0.15, 0.2) is 35.1 Å². The molecule has 1 saturated carbocycles. The predicted molar refractivity (Wildman–Crippen MR) is 92.0 cm³/mol. The summed E-state index contributed by atoms with van der Waals surface area (Å²) in [6.45, 7) is 0. The van der Waals surface area contributed by atoms with E-state index >= 15 is 0 Å². The van der Waals surface area contributed by atoms with E-state index in [1.807, 2.05) is 0 Å². The van der Waals surface area contributed by atoms with Gasteiger partial charge in [-0.3, -0.25) is 0 Å². The van der Waals surface area contributed by atoms with Crippen molar-refractivity contribution in [2.24, 2.45) is 0 Å². The number of halogens is 3. The fraction of sp³-hybridized carbons (Fsp3) is 0.235. The predicted octanol–water partition coefficient (Wildman–Crippen LogP) is 4.26. The number of aromatic hydroxyl groups is 1. The Morgan fingerprint density at radius 2 is 1.81 bits per heavy atom. The third-order valence-electron chi connectivity index (χ3n) is 4.21. The van der Waals surface area contributed by atoms with Crippen LogP contribution in [0.1, 0.15) is 24.3 Å². The second kappa shape index (κ2) is 7.45. The van der Waals surface area contributed by atoms with E-state index in [4.69, 9.17) is 26.0 Å². The molecule has 0 aliphatic heterocycles. The summed E-state index contributed by atoms with van der Waals surface area (Å²) < 4.78 is 38.4. The van der Waals surface area contributed by atoms with Gasteiger partial charge in [0.15, 0.2) is 5.76 Å². The molecule has 142 valence electrons. The summed E-state index contributed by atoms with van der Waals surface area (Å²) in [6.07, 6.45) is 3.56. The zero-order valence-electron chi connectivity index (χ0n) is 13.9. The highest BCUT2D eigenvalue weighted by molar-refractivity contribution is 6.30. The van der Waals surface area contributed by atoms with Crippen molar-refractivity contribution in [3.63, 3.8) is 0 Å². The molecule has 2 aromatic heterocycles. The molecule has 1 aliphatic rings. The van der Waals surface area contributed by atoms with Crippen LogP contribution < -0.4 is 10.9 Å². The van der Waals surface area contributed by atoms with Crippen molar-refractivity contribution >= 4 is 11.6 Å². The molecule has 2 heterocycles. The molecule has 3 aromatic rings. The highest BCUT2D eigenvalue weighted by Crippen LogP contribution is 2.41. The summed E-state index contributed by atoms with van der Waals surface area (Å²) in [6, 6.07) is 3.54. The molecule has 4 rings (SSSR count). The van der Waals surface area contributed by atoms with E-state index in [2.05, 4.69) is 15.1 Å². The van der Waals surface area contributed by atoms with Crippen molar-refractivity contribution in [2.45, 2.75) is 24.9 Å². The minimum atomic E-state index is -0.641. The van der Waals surface area contributed by atoms with Gasteiger partial charge in [-0.1, -0.05) is 11.6 Å². The normalized spacial score (nSPS) is 18.5. The Hall–Kier alpha value is -2.78. The van der Waals surface area contributed by atoms with Gasteiger partial charge in [-0.25, -0.2) is 18.7 Å². The smallest absolute Gasteiger partial charge is 0.252 e. The molecule has 4 N–H and O–H groups in total. The molecule has 10 heteroatoms. The SMILES string of the molecule is N.Oc1cc(-c2cnc(O[C@H]3C[C@@H](c4c(F)cc(Cl)cc4F)C3)cn2)on1. The van der Waals surface area contributed by atoms with E-state index in [1.54, 1.807) is 0 Å². The van der Waals surface area contributed by atoms with Crippen molar-refractivity contribution in [1.29, 1.82) is 0 Å². The third-order valence-corrected chi connectivity index (χ3v) is 4.43. The minimum absolute atomic E-state index is 0. The number of nitrogens with zero attached hydrogens (tertiary/aromatic N) is 3. The van der Waals surface area contributed by atoms with Crippen molar-refractivity contribution in [3.05, 3.63) is 52.8 Å². The van der Waals surface area contributed by atoms with Gasteiger partial charge in [0.1, 0.15) is 23.4 Å². The Bertz CT molecular complexity index is 923. The Balaban J connectivity index is 0.00000210. The number of benzene rings is 1. The first-order valence-corrected chi connectivity index (χ1v) is 8.16. The maximum Gasteiger partial charge on any atom is 0.252 e. The lowest BCUT2D eigenvalue weighted by Gasteiger charge is -2.35. The first kappa shape index (κ1) is 19.0. The second-order valence-electron chi connectivity index (χ2n) is 5.98. The first-order chi connectivity index (χ1) is 12.5. The largest absolute Gasteiger partial charge is 0.491 e. The molecule has 0 bridgehead atoms. The standard InChI is InChI=1S/C17H12ClF2N3O3.H3N/c18-9-3-11(19)17(12(20)4-9)8-1-10(2-8)25-16-7-21-13(6-22-16)14-5-15(24)23-26-14;/h3-8,10H,1-2H2,(H,23,24);1H3/t8-,10+;. The Morgan fingerprint density at radius 3 is 2.37 bits per heavy atom. The molecule has 0 spiro atoms. The monoisotopic (exact) mass is 396 g/mol. The van der Waals surface area contributed by atoms with Gasteiger partial charge in [0.2, 0.25) is 5.88 Å². The van der Waals surface area contributed by atoms with Crippen molar-refractivity contribution in [1.82, 2.24) is 21.3 Å². The van der Waals surface area contributed by atoms with E-state index in [-0.39, 0.29) is 46.3 Å². The van der Waals surface area contributed by atoms with Gasteiger partial charge in [-0.2, -0.15) is 0 Å². The fourth-order valence-electron chi connectivity index (χ4n) is 2.90. The summed E-state index contributed by atoms with van der Waals surface area (Å²) in [5.74, 6) is -1.22. The quantitative estimate of drug-likeness (QED) is 0.676. The highest BCUT2D eigenvalue weighted by Gasteiger charge is 2.36. The molecule has 0 amide bonds. The van der Waals surface area contributed by atoms with Crippen molar-refractivity contribution in [3.8, 4) is 23.2 Å². The molecule has 0 radical (unpaired) electrons. The van der Waals surface area contributed by atoms with Crippen LogP contribution in [0.4, 0.5) is 8.78 Å². The summed E-state index contributed by atoms with van der Waals surface area (Å²) in [4.78, 5) is 8.23. The lowest BCUT2D eigenvalue weighted by atomic mass is 9.77. The van der Waals surface area contributed by atoms with Gasteiger partial charge in [0.05, 0.1) is 18.5 Å². The fourth-order valence-corrected chi connectivity index (χ4v) is 3.09. The van der Waals surface area contributed by atoms with E-state index in [0.717, 1.165) is 12.1 Å². The van der Waals surface area contributed by atoms with E-state index in [1.165, 1.54) is 18.5 Å². The van der Waals surface area contributed by atoms with Crippen LogP contribution in [0.3, 0.4) is 0 Å². The van der Waals surface area contributed by atoms with E-state index in [9.17, 15) is 8.78 Å². The molecular formula is C17H15ClF2N4O3. The summed E-state index contributed by atoms with van der Waals surface area (Å²) in [5, 5.41) is 12.6. The zero-order chi connectivity index (χ0) is 18.3. The number of ether oxygens (including phenoxy) is 1. The van der Waals surface area contributed by atoms with Crippen LogP contribution in [0.25, 0.3) is 11.5 Å². The molecule has 27 heavy (non-hydrogen) atoms. The van der Waals surface area contributed by atoms with Crippen LogP contribution in [-0.4, -0.2) is 26.3 Å². The molecule has 0 unspecified atom stereocenters. The van der Waals surface area contributed by atoms with Gasteiger partial charge >= 0.3 is 0 Å². The highest BCUT2D eigenvalue weighted by atomic mass is 35.5. The molecular weight excluding hydrogens is 382 g/mol. The average molecular weight is 397 g/mol. The lowest BCUT2D eigenvalue weighted by Crippen LogP contribution is -2.33. The maximum absolute atomic E-state index is 13.9. The molecule has 1 aliphatic carbocycles. The van der Waals surface area contributed by atoms with Gasteiger partial charge in [-0.05, 0) is 36.0 Å². The summed E-state index contributed by atoms with van der Waals surface area (Å²) in [5.41, 5.74) is 0.433. The van der Waals surface area contributed by atoms with Crippen LogP contribution in [0, 0.1) is 11.6 Å². The molecule has 1 aromatic carbocycles. The first-order valence-electron chi connectivity index (χ1n) is 7.79. The number of rotatable bonds is 4. The van der Waals surface area contributed by atoms with Gasteiger partial charge in [0.25, 0.3) is 5.88 Å². The Kier molecular flexibility index (Phi) is 5.24. The molecule has 0 atom stereocenters. The molecule has 1 fully saturated rings. The van der Waals surface area contributed by atoms with Crippen LogP contribution in [-0.2, 0) is 0 Å². The van der Waals surface area contributed by atoms with E-state index < -0.39 is 11.6 Å².